The van der Waals surface area contributed by atoms with E-state index in [9.17, 15) is 4.79 Å². The van der Waals surface area contributed by atoms with E-state index >= 15 is 0 Å². The first-order chi connectivity index (χ1) is 9.58. The van der Waals surface area contributed by atoms with Crippen LogP contribution in [0.25, 0.3) is 11.1 Å². The van der Waals surface area contributed by atoms with Gasteiger partial charge >= 0.3 is 0 Å². The van der Waals surface area contributed by atoms with Gasteiger partial charge < -0.3 is 4.90 Å². The van der Waals surface area contributed by atoms with Crippen molar-refractivity contribution in [3.63, 3.8) is 0 Å². The molecule has 0 N–H and O–H groups in total. The molecular formula is C18H19NO. The van der Waals surface area contributed by atoms with Crippen molar-refractivity contribution < 1.29 is 4.79 Å². The largest absolute Gasteiger partial charge is 0.381 e. The minimum Gasteiger partial charge on any atom is -0.381 e. The van der Waals surface area contributed by atoms with E-state index < -0.39 is 0 Å². The summed E-state index contributed by atoms with van der Waals surface area (Å²) in [4.78, 5) is 14.0. The van der Waals surface area contributed by atoms with Gasteiger partial charge in [-0.15, -0.1) is 0 Å². The van der Waals surface area contributed by atoms with Crippen LogP contribution in [0.3, 0.4) is 0 Å². The lowest BCUT2D eigenvalue weighted by molar-refractivity contribution is 0.104. The van der Waals surface area contributed by atoms with E-state index in [2.05, 4.69) is 12.1 Å². The van der Waals surface area contributed by atoms with Crippen molar-refractivity contribution in [3.05, 3.63) is 71.9 Å². The summed E-state index contributed by atoms with van der Waals surface area (Å²) in [5.41, 5.74) is 3.94. The number of hydrogen-bond acceptors (Lipinski definition) is 2. The zero-order valence-electron chi connectivity index (χ0n) is 12.1. The fraction of sp³-hybridized carbons (Fsp3) is 0.167. The Labute approximate surface area is 120 Å². The van der Waals surface area contributed by atoms with Crippen molar-refractivity contribution in [1.29, 1.82) is 0 Å². The van der Waals surface area contributed by atoms with Gasteiger partial charge in [-0.2, -0.15) is 0 Å². The van der Waals surface area contributed by atoms with Crippen LogP contribution in [0.1, 0.15) is 17.3 Å². The first-order valence-corrected chi connectivity index (χ1v) is 6.63. The minimum atomic E-state index is 0.0378. The molecule has 0 fully saturated rings. The van der Waals surface area contributed by atoms with Crippen LogP contribution < -0.4 is 0 Å². The quantitative estimate of drug-likeness (QED) is 0.615. The van der Waals surface area contributed by atoms with Crippen LogP contribution in [-0.4, -0.2) is 24.8 Å². The highest BCUT2D eigenvalue weighted by Gasteiger charge is 2.04. The first kappa shape index (κ1) is 14.1. The summed E-state index contributed by atoms with van der Waals surface area (Å²) in [5, 5.41) is 0. The second-order valence-electron chi connectivity index (χ2n) is 4.99. The molecule has 0 amide bonds. The molecular weight excluding hydrogens is 246 g/mol. The predicted molar refractivity (Wildman–Crippen MR) is 83.7 cm³/mol. The van der Waals surface area contributed by atoms with Gasteiger partial charge in [-0.25, -0.2) is 0 Å². The van der Waals surface area contributed by atoms with Gasteiger partial charge in [0.05, 0.1) is 0 Å². The van der Waals surface area contributed by atoms with Crippen molar-refractivity contribution in [3.8, 4) is 11.1 Å². The van der Waals surface area contributed by atoms with Crippen LogP contribution in [0.5, 0.6) is 0 Å². The molecule has 0 bridgehead atoms. The van der Waals surface area contributed by atoms with E-state index in [0.717, 1.165) is 16.8 Å². The standard InChI is InChI=1S/C18H19NO/c1-14(19(2)3)13-18(20)17-11-9-16(10-12-17)15-7-5-4-6-8-15/h4-13H,1-3H3. The molecule has 0 unspecified atom stereocenters. The summed E-state index contributed by atoms with van der Waals surface area (Å²) in [5.74, 6) is 0.0378. The summed E-state index contributed by atoms with van der Waals surface area (Å²) in [6.07, 6.45) is 1.66. The number of carbonyl (C=O) groups is 1. The number of rotatable bonds is 4. The molecule has 2 aromatic rings. The number of benzene rings is 2. The number of nitrogens with zero attached hydrogens (tertiary/aromatic N) is 1. The van der Waals surface area contributed by atoms with E-state index in [4.69, 9.17) is 0 Å². The van der Waals surface area contributed by atoms with E-state index in [1.54, 1.807) is 6.08 Å². The predicted octanol–water partition coefficient (Wildman–Crippen LogP) is 4.00. The Morgan fingerprint density at radius 3 is 2.00 bits per heavy atom. The maximum Gasteiger partial charge on any atom is 0.187 e. The molecule has 0 saturated carbocycles. The van der Waals surface area contributed by atoms with Crippen LogP contribution in [0.2, 0.25) is 0 Å². The van der Waals surface area contributed by atoms with Gasteiger partial charge in [0.2, 0.25) is 0 Å². The average Bonchev–Trinajstić information content (AvgIpc) is 2.48. The van der Waals surface area contributed by atoms with E-state index in [1.165, 1.54) is 0 Å². The molecule has 0 saturated heterocycles. The van der Waals surface area contributed by atoms with E-state index in [1.807, 2.05) is 68.4 Å². The summed E-state index contributed by atoms with van der Waals surface area (Å²) < 4.78 is 0. The van der Waals surface area contributed by atoms with Crippen LogP contribution in [0, 0.1) is 0 Å². The Morgan fingerprint density at radius 2 is 1.45 bits per heavy atom. The molecule has 0 aliphatic carbocycles. The fourth-order valence-corrected chi connectivity index (χ4v) is 1.86. The minimum absolute atomic E-state index is 0.0378. The van der Waals surface area contributed by atoms with E-state index in [0.29, 0.717) is 5.56 Å². The summed E-state index contributed by atoms with van der Waals surface area (Å²) in [6.45, 7) is 1.93. The second-order valence-corrected chi connectivity index (χ2v) is 4.99. The van der Waals surface area contributed by atoms with Gasteiger partial charge in [0.25, 0.3) is 0 Å². The highest BCUT2D eigenvalue weighted by molar-refractivity contribution is 6.05. The molecule has 0 radical (unpaired) electrons. The van der Waals surface area contributed by atoms with E-state index in [-0.39, 0.29) is 5.78 Å². The van der Waals surface area contributed by atoms with Crippen LogP contribution in [-0.2, 0) is 0 Å². The van der Waals surface area contributed by atoms with Gasteiger partial charge in [-0.05, 0) is 18.1 Å². The Kier molecular flexibility index (Phi) is 4.36. The van der Waals surface area contributed by atoms with Crippen LogP contribution in [0.4, 0.5) is 0 Å². The van der Waals surface area contributed by atoms with Gasteiger partial charge in [-0.3, -0.25) is 4.79 Å². The van der Waals surface area contributed by atoms with Crippen molar-refractivity contribution in [2.75, 3.05) is 14.1 Å². The maximum atomic E-state index is 12.1. The highest BCUT2D eigenvalue weighted by atomic mass is 16.1. The van der Waals surface area contributed by atoms with Crippen LogP contribution in [0.15, 0.2) is 66.4 Å². The molecule has 2 heteroatoms. The maximum absolute atomic E-state index is 12.1. The average molecular weight is 265 g/mol. The first-order valence-electron chi connectivity index (χ1n) is 6.63. The molecule has 0 aromatic heterocycles. The zero-order valence-corrected chi connectivity index (χ0v) is 12.1. The summed E-state index contributed by atoms with van der Waals surface area (Å²) in [6, 6.07) is 17.9. The Balaban J connectivity index is 2.21. The molecule has 2 rings (SSSR count). The lowest BCUT2D eigenvalue weighted by Crippen LogP contribution is -2.10. The Bertz CT molecular complexity index is 610. The third-order valence-corrected chi connectivity index (χ3v) is 3.32. The van der Waals surface area contributed by atoms with Gasteiger partial charge in [0.1, 0.15) is 0 Å². The monoisotopic (exact) mass is 265 g/mol. The van der Waals surface area contributed by atoms with Crippen molar-refractivity contribution in [1.82, 2.24) is 4.90 Å². The molecule has 2 nitrogen and oxygen atoms in total. The molecule has 0 spiro atoms. The SMILES string of the molecule is CC(=CC(=O)c1ccc(-c2ccccc2)cc1)N(C)C. The molecule has 102 valence electrons. The normalized spacial score (nSPS) is 11.2. The summed E-state index contributed by atoms with van der Waals surface area (Å²) >= 11 is 0. The number of carbonyl (C=O) groups excluding carboxylic acids is 1. The molecule has 0 atom stereocenters. The molecule has 0 heterocycles. The molecule has 0 aliphatic rings. The number of hydrogen-bond donors (Lipinski definition) is 0. The van der Waals surface area contributed by atoms with Gasteiger partial charge in [0, 0.05) is 31.4 Å². The zero-order chi connectivity index (χ0) is 14.5. The lowest BCUT2D eigenvalue weighted by Gasteiger charge is -2.11. The van der Waals surface area contributed by atoms with Gasteiger partial charge in [-0.1, -0.05) is 54.6 Å². The third-order valence-electron chi connectivity index (χ3n) is 3.32. The van der Waals surface area contributed by atoms with Crippen molar-refractivity contribution >= 4 is 5.78 Å². The topological polar surface area (TPSA) is 20.3 Å². The number of ketones is 1. The third kappa shape index (κ3) is 3.35. The van der Waals surface area contributed by atoms with Crippen molar-refractivity contribution in [2.45, 2.75) is 6.92 Å². The second kappa shape index (κ2) is 6.20. The summed E-state index contributed by atoms with van der Waals surface area (Å²) in [7, 11) is 3.86. The lowest BCUT2D eigenvalue weighted by atomic mass is 10.0. The van der Waals surface area contributed by atoms with Crippen LogP contribution >= 0.6 is 0 Å². The fourth-order valence-electron chi connectivity index (χ4n) is 1.86. The highest BCUT2D eigenvalue weighted by Crippen LogP contribution is 2.19. The van der Waals surface area contributed by atoms with Gasteiger partial charge in [0.15, 0.2) is 5.78 Å². The smallest absolute Gasteiger partial charge is 0.187 e. The Morgan fingerprint density at radius 1 is 0.900 bits per heavy atom. The molecule has 2 aromatic carbocycles. The molecule has 0 aliphatic heterocycles. The molecule has 20 heavy (non-hydrogen) atoms. The number of allylic oxidation sites excluding steroid dienone is 2. The Hall–Kier alpha value is -2.35. The van der Waals surface area contributed by atoms with Crippen molar-refractivity contribution in [2.24, 2.45) is 0 Å².